The van der Waals surface area contributed by atoms with Crippen molar-refractivity contribution in [3.8, 4) is 17.2 Å². The van der Waals surface area contributed by atoms with E-state index in [4.69, 9.17) is 9.47 Å². The van der Waals surface area contributed by atoms with Crippen molar-refractivity contribution >= 4 is 0 Å². The van der Waals surface area contributed by atoms with E-state index in [0.717, 1.165) is 11.5 Å². The van der Waals surface area contributed by atoms with Crippen LogP contribution in [0.15, 0.2) is 23.0 Å². The maximum absolute atomic E-state index is 12.0. The molecule has 0 aliphatic carbocycles. The lowest BCUT2D eigenvalue weighted by atomic mass is 10.2. The van der Waals surface area contributed by atoms with Crippen LogP contribution in [-0.2, 0) is 13.5 Å². The van der Waals surface area contributed by atoms with Gasteiger partial charge in [-0.1, -0.05) is 6.92 Å². The van der Waals surface area contributed by atoms with Crippen molar-refractivity contribution in [2.45, 2.75) is 13.3 Å². The molecule has 0 saturated carbocycles. The Hall–Kier alpha value is -2.24. The van der Waals surface area contributed by atoms with Gasteiger partial charge in [0.1, 0.15) is 5.82 Å². The lowest BCUT2D eigenvalue weighted by molar-refractivity contribution is 0.174. The third-order valence-corrected chi connectivity index (χ3v) is 2.92. The predicted octanol–water partition coefficient (Wildman–Crippen LogP) is 0.862. The first kappa shape index (κ1) is 10.9. The molecule has 0 N–H and O–H groups in total. The minimum atomic E-state index is -0.161. The van der Waals surface area contributed by atoms with E-state index in [1.165, 1.54) is 4.68 Å². The van der Waals surface area contributed by atoms with Gasteiger partial charge in [-0.3, -0.25) is 0 Å². The van der Waals surface area contributed by atoms with Gasteiger partial charge < -0.3 is 9.47 Å². The van der Waals surface area contributed by atoms with Gasteiger partial charge in [0.25, 0.3) is 0 Å². The highest BCUT2D eigenvalue weighted by atomic mass is 16.7. The second kappa shape index (κ2) is 3.90. The molecule has 1 aromatic carbocycles. The van der Waals surface area contributed by atoms with E-state index in [1.54, 1.807) is 23.7 Å². The average Bonchev–Trinajstić information content (AvgIpc) is 2.94. The van der Waals surface area contributed by atoms with Crippen molar-refractivity contribution in [3.05, 3.63) is 34.5 Å². The Bertz CT molecular complexity index is 657. The van der Waals surface area contributed by atoms with E-state index in [1.807, 2.05) is 13.0 Å². The minimum absolute atomic E-state index is 0.161. The summed E-state index contributed by atoms with van der Waals surface area (Å²) < 4.78 is 13.5. The van der Waals surface area contributed by atoms with Gasteiger partial charge in [-0.2, -0.15) is 5.10 Å². The Balaban J connectivity index is 2.18. The second-order valence-corrected chi connectivity index (χ2v) is 4.05. The molecule has 0 atom stereocenters. The van der Waals surface area contributed by atoms with Crippen LogP contribution in [0.3, 0.4) is 0 Å². The molecule has 3 rings (SSSR count). The second-order valence-electron chi connectivity index (χ2n) is 4.05. The van der Waals surface area contributed by atoms with Crippen molar-refractivity contribution in [1.82, 2.24) is 14.3 Å². The van der Waals surface area contributed by atoms with Gasteiger partial charge in [-0.25, -0.2) is 14.0 Å². The van der Waals surface area contributed by atoms with Crippen molar-refractivity contribution in [2.75, 3.05) is 6.79 Å². The summed E-state index contributed by atoms with van der Waals surface area (Å²) >= 11 is 0. The number of hydrogen-bond donors (Lipinski definition) is 0. The number of fused-ring (bicyclic) bond motifs is 1. The normalized spacial score (nSPS) is 13.0. The van der Waals surface area contributed by atoms with Gasteiger partial charge >= 0.3 is 5.69 Å². The first-order valence-corrected chi connectivity index (χ1v) is 5.75. The topological polar surface area (TPSA) is 58.3 Å². The summed E-state index contributed by atoms with van der Waals surface area (Å²) in [4.78, 5) is 12.0. The molecule has 0 amide bonds. The molecule has 2 heterocycles. The monoisotopic (exact) mass is 247 g/mol. The quantitative estimate of drug-likeness (QED) is 0.789. The van der Waals surface area contributed by atoms with Crippen LogP contribution < -0.4 is 15.2 Å². The predicted molar refractivity (Wildman–Crippen MR) is 64.3 cm³/mol. The zero-order valence-corrected chi connectivity index (χ0v) is 10.2. The van der Waals surface area contributed by atoms with Gasteiger partial charge in [0, 0.05) is 19.5 Å². The van der Waals surface area contributed by atoms with Gasteiger partial charge in [-0.05, 0) is 12.1 Å². The summed E-state index contributed by atoms with van der Waals surface area (Å²) in [6, 6.07) is 5.43. The van der Waals surface area contributed by atoms with Crippen molar-refractivity contribution < 1.29 is 9.47 Å². The molecule has 0 saturated heterocycles. The highest BCUT2D eigenvalue weighted by Crippen LogP contribution is 2.33. The van der Waals surface area contributed by atoms with Crippen LogP contribution in [0, 0.1) is 0 Å². The molecule has 0 fully saturated rings. The number of aromatic nitrogens is 3. The number of aryl methyl sites for hydroxylation is 2. The molecule has 94 valence electrons. The molecule has 0 spiro atoms. The highest BCUT2D eigenvalue weighted by Gasteiger charge is 2.17. The first-order valence-electron chi connectivity index (χ1n) is 5.75. The average molecular weight is 247 g/mol. The van der Waals surface area contributed by atoms with Crippen molar-refractivity contribution in [1.29, 1.82) is 0 Å². The smallest absolute Gasteiger partial charge is 0.350 e. The van der Waals surface area contributed by atoms with E-state index in [9.17, 15) is 4.79 Å². The third-order valence-electron chi connectivity index (χ3n) is 2.92. The summed E-state index contributed by atoms with van der Waals surface area (Å²) in [5.74, 6) is 2.08. The van der Waals surface area contributed by atoms with Crippen molar-refractivity contribution in [2.24, 2.45) is 7.05 Å². The molecular weight excluding hydrogens is 234 g/mol. The molecule has 0 bridgehead atoms. The molecular formula is C12H13N3O3. The van der Waals surface area contributed by atoms with Crippen LogP contribution in [0.1, 0.15) is 12.7 Å². The lowest BCUT2D eigenvalue weighted by Gasteiger charge is -2.05. The summed E-state index contributed by atoms with van der Waals surface area (Å²) in [6.07, 6.45) is 0.685. The SMILES string of the molecule is CCc1nn(C)c(=O)n1-c1ccc2c(c1)OCO2. The van der Waals surface area contributed by atoms with Gasteiger partial charge in [0.15, 0.2) is 11.5 Å². The zero-order valence-electron chi connectivity index (χ0n) is 10.2. The van der Waals surface area contributed by atoms with Crippen LogP contribution in [-0.4, -0.2) is 21.1 Å². The fourth-order valence-corrected chi connectivity index (χ4v) is 2.03. The van der Waals surface area contributed by atoms with Crippen LogP contribution in [0.2, 0.25) is 0 Å². The van der Waals surface area contributed by atoms with E-state index in [-0.39, 0.29) is 12.5 Å². The molecule has 6 nitrogen and oxygen atoms in total. The standard InChI is InChI=1S/C12H13N3O3/c1-3-11-13-14(2)12(16)15(11)8-4-5-9-10(6-8)18-7-17-9/h4-6H,3,7H2,1-2H3. The van der Waals surface area contributed by atoms with E-state index in [2.05, 4.69) is 5.10 Å². The summed E-state index contributed by atoms with van der Waals surface area (Å²) in [6.45, 7) is 2.19. The maximum atomic E-state index is 12.0. The van der Waals surface area contributed by atoms with E-state index in [0.29, 0.717) is 17.9 Å². The van der Waals surface area contributed by atoms with E-state index >= 15 is 0 Å². The maximum Gasteiger partial charge on any atom is 0.350 e. The lowest BCUT2D eigenvalue weighted by Crippen LogP contribution is -2.22. The third kappa shape index (κ3) is 1.49. The Kier molecular flexibility index (Phi) is 2.36. The Morgan fingerprint density at radius 2 is 2.11 bits per heavy atom. The fraction of sp³-hybridized carbons (Fsp3) is 0.333. The van der Waals surface area contributed by atoms with Gasteiger partial charge in [-0.15, -0.1) is 0 Å². The molecule has 6 heteroatoms. The first-order chi connectivity index (χ1) is 8.70. The molecule has 18 heavy (non-hydrogen) atoms. The Labute approximate surface area is 103 Å². The largest absolute Gasteiger partial charge is 0.454 e. The molecule has 1 aromatic heterocycles. The number of benzene rings is 1. The van der Waals surface area contributed by atoms with E-state index < -0.39 is 0 Å². The van der Waals surface area contributed by atoms with Crippen LogP contribution in [0.5, 0.6) is 11.5 Å². The molecule has 1 aliphatic rings. The summed E-state index contributed by atoms with van der Waals surface area (Å²) in [7, 11) is 1.64. The fourth-order valence-electron chi connectivity index (χ4n) is 2.03. The van der Waals surface area contributed by atoms with Crippen LogP contribution in [0.25, 0.3) is 5.69 Å². The Morgan fingerprint density at radius 3 is 2.89 bits per heavy atom. The molecule has 0 radical (unpaired) electrons. The van der Waals surface area contributed by atoms with Crippen molar-refractivity contribution in [3.63, 3.8) is 0 Å². The van der Waals surface area contributed by atoms with Crippen LogP contribution >= 0.6 is 0 Å². The Morgan fingerprint density at radius 1 is 1.33 bits per heavy atom. The van der Waals surface area contributed by atoms with Gasteiger partial charge in [0.05, 0.1) is 5.69 Å². The minimum Gasteiger partial charge on any atom is -0.454 e. The summed E-state index contributed by atoms with van der Waals surface area (Å²) in [5, 5.41) is 4.19. The van der Waals surface area contributed by atoms with Crippen LogP contribution in [0.4, 0.5) is 0 Å². The number of ether oxygens (including phenoxy) is 2. The highest BCUT2D eigenvalue weighted by molar-refractivity contribution is 5.50. The molecule has 0 unspecified atom stereocenters. The zero-order chi connectivity index (χ0) is 12.7. The molecule has 2 aromatic rings. The molecule has 1 aliphatic heterocycles. The number of nitrogens with zero attached hydrogens (tertiary/aromatic N) is 3. The van der Waals surface area contributed by atoms with Gasteiger partial charge in [0.2, 0.25) is 6.79 Å². The number of hydrogen-bond acceptors (Lipinski definition) is 4. The summed E-state index contributed by atoms with van der Waals surface area (Å²) in [5.41, 5.74) is 0.583. The number of rotatable bonds is 2.